The molecule has 1 aliphatic rings. The van der Waals surface area contributed by atoms with E-state index in [1.54, 1.807) is 0 Å². The molecular weight excluding hydrogens is 825 g/mol. The lowest BCUT2D eigenvalue weighted by Crippen LogP contribution is -2.10. The van der Waals surface area contributed by atoms with Crippen LogP contribution in [0.5, 0.6) is 0 Å². The Morgan fingerprint density at radius 1 is 0.368 bits per heavy atom. The number of fused-ring (bicyclic) bond motifs is 6. The number of allylic oxidation sites excluding steroid dienone is 1. The van der Waals surface area contributed by atoms with Gasteiger partial charge in [0.05, 0.1) is 33.5 Å². The van der Waals surface area contributed by atoms with Gasteiger partial charge >= 0.3 is 0 Å². The van der Waals surface area contributed by atoms with Crippen LogP contribution in [0.15, 0.2) is 234 Å². The van der Waals surface area contributed by atoms with Crippen molar-refractivity contribution in [3.8, 4) is 33.6 Å². The number of aromatic nitrogens is 2. The van der Waals surface area contributed by atoms with Gasteiger partial charge < -0.3 is 9.13 Å². The molecule has 0 bridgehead atoms. The minimum atomic E-state index is 0.0907. The Hall–Kier alpha value is -8.34. The van der Waals surface area contributed by atoms with E-state index in [1.165, 1.54) is 66.0 Å². The van der Waals surface area contributed by atoms with Crippen molar-refractivity contribution in [2.45, 2.75) is 39.0 Å². The summed E-state index contributed by atoms with van der Waals surface area (Å²) in [6, 6.07) is 79.1. The quantitative estimate of drug-likeness (QED) is 0.153. The molecule has 4 heteroatoms. The lowest BCUT2D eigenvalue weighted by Gasteiger charge is -2.19. The van der Waals surface area contributed by atoms with Crippen molar-refractivity contribution < 1.29 is 0 Å². The van der Waals surface area contributed by atoms with E-state index in [4.69, 9.17) is 9.98 Å². The second kappa shape index (κ2) is 16.8. The number of hydrogen-bond donors (Lipinski definition) is 0. The van der Waals surface area contributed by atoms with Gasteiger partial charge in [-0.2, -0.15) is 0 Å². The van der Waals surface area contributed by atoms with Gasteiger partial charge in [-0.15, -0.1) is 0 Å². The highest BCUT2D eigenvalue weighted by Gasteiger charge is 2.19. The molecule has 0 fully saturated rings. The van der Waals surface area contributed by atoms with Crippen LogP contribution >= 0.6 is 0 Å². The zero-order valence-electron chi connectivity index (χ0n) is 38.6. The molecular formula is C64H50N4. The number of hydrogen-bond acceptors (Lipinski definition) is 2. The molecule has 0 unspecified atom stereocenters. The molecule has 0 saturated carbocycles. The number of nitrogens with zero attached hydrogens (tertiary/aromatic N) is 4. The maximum Gasteiger partial charge on any atom is 0.160 e. The van der Waals surface area contributed by atoms with Crippen LogP contribution in [-0.4, -0.2) is 20.7 Å². The zero-order chi connectivity index (χ0) is 45.8. The van der Waals surface area contributed by atoms with E-state index in [2.05, 4.69) is 248 Å². The molecule has 0 amide bonds. The van der Waals surface area contributed by atoms with Crippen LogP contribution in [-0.2, 0) is 5.41 Å². The number of benzene rings is 9. The first-order chi connectivity index (χ1) is 33.3. The van der Waals surface area contributed by atoms with Crippen molar-refractivity contribution in [3.05, 3.63) is 247 Å². The minimum Gasteiger partial charge on any atom is -0.309 e. The molecule has 9 aromatic carbocycles. The summed E-state index contributed by atoms with van der Waals surface area (Å²) < 4.78 is 4.83. The van der Waals surface area contributed by atoms with Gasteiger partial charge in [0.1, 0.15) is 0 Å². The van der Waals surface area contributed by atoms with E-state index in [0.717, 1.165) is 63.6 Å². The summed E-state index contributed by atoms with van der Waals surface area (Å²) in [6.45, 7) is 6.81. The number of aliphatic imine (C=N–C) groups is 2. The minimum absolute atomic E-state index is 0.0907. The van der Waals surface area contributed by atoms with Crippen molar-refractivity contribution >= 4 is 60.9 Å². The van der Waals surface area contributed by atoms with E-state index in [1.807, 2.05) is 6.07 Å². The molecule has 2 aromatic heterocycles. The standard InChI is InChI=1S/C64H50N4/c1-64(2,3)50-32-36-52(37-33-50)68-60-27-13-11-22-53(60)55-38-30-47(41-61(55)68)43-28-34-51(35-29-43)67-59-26-12-10-23-54(59)56-39-31-48(42-62(56)67)46-20-14-21-49(40-46)58-25-15-24-57(44-16-6-4-7-17-44)65-63(66-58)45-18-8-5-9-19-45/h4-14,16-23,25-42H,15,24H2,1-3H3/b58-25+,65-57?,66-63?. The lowest BCUT2D eigenvalue weighted by atomic mass is 9.87. The molecule has 0 atom stereocenters. The SMILES string of the molecule is CC(C)(C)c1ccc(-n2c3ccccc3c3ccc(-c4ccc(-n5c6ccccc6c6ccc(-c7cccc(/C8=C\CCC(c9ccccc9)=NC(c9ccccc9)=N8)c7)cc65)cc4)cc32)cc1. The van der Waals surface area contributed by atoms with Gasteiger partial charge in [0, 0.05) is 44.0 Å². The smallest absolute Gasteiger partial charge is 0.160 e. The van der Waals surface area contributed by atoms with Crippen LogP contribution in [0.4, 0.5) is 0 Å². The molecule has 3 heterocycles. The molecule has 68 heavy (non-hydrogen) atoms. The Morgan fingerprint density at radius 2 is 0.838 bits per heavy atom. The Kier molecular flexibility index (Phi) is 10.2. The fourth-order valence-electron chi connectivity index (χ4n) is 10.1. The van der Waals surface area contributed by atoms with Crippen LogP contribution in [0.1, 0.15) is 55.9 Å². The third kappa shape index (κ3) is 7.45. The maximum atomic E-state index is 5.29. The van der Waals surface area contributed by atoms with E-state index in [0.29, 0.717) is 0 Å². The van der Waals surface area contributed by atoms with Gasteiger partial charge in [0.15, 0.2) is 5.84 Å². The summed E-state index contributed by atoms with van der Waals surface area (Å²) >= 11 is 0. The summed E-state index contributed by atoms with van der Waals surface area (Å²) in [5.41, 5.74) is 18.3. The largest absolute Gasteiger partial charge is 0.309 e. The fraction of sp³-hybridized carbons (Fsp3) is 0.0938. The van der Waals surface area contributed by atoms with Crippen LogP contribution in [0, 0.1) is 0 Å². The maximum absolute atomic E-state index is 5.29. The number of amidine groups is 1. The van der Waals surface area contributed by atoms with Gasteiger partial charge in [-0.05, 0) is 106 Å². The van der Waals surface area contributed by atoms with Crippen LogP contribution < -0.4 is 0 Å². The second-order valence-corrected chi connectivity index (χ2v) is 18.9. The summed E-state index contributed by atoms with van der Waals surface area (Å²) in [7, 11) is 0. The molecule has 4 nitrogen and oxygen atoms in total. The molecule has 0 saturated heterocycles. The predicted molar refractivity (Wildman–Crippen MR) is 288 cm³/mol. The monoisotopic (exact) mass is 874 g/mol. The summed E-state index contributed by atoms with van der Waals surface area (Å²) in [5, 5.41) is 4.98. The molecule has 0 N–H and O–H groups in total. The van der Waals surface area contributed by atoms with Crippen molar-refractivity contribution in [2.24, 2.45) is 9.98 Å². The normalized spacial score (nSPS) is 14.1. The third-order valence-electron chi connectivity index (χ3n) is 13.6. The number of para-hydroxylation sites is 2. The summed E-state index contributed by atoms with van der Waals surface area (Å²) in [5.74, 6) is 0.725. The van der Waals surface area contributed by atoms with Crippen molar-refractivity contribution in [1.29, 1.82) is 0 Å². The first-order valence-electron chi connectivity index (χ1n) is 23.7. The molecule has 0 spiro atoms. The molecule has 0 aliphatic carbocycles. The van der Waals surface area contributed by atoms with E-state index in [-0.39, 0.29) is 5.41 Å². The summed E-state index contributed by atoms with van der Waals surface area (Å²) in [4.78, 5) is 10.5. The average molecular weight is 875 g/mol. The van der Waals surface area contributed by atoms with Gasteiger partial charge in [0.2, 0.25) is 0 Å². The van der Waals surface area contributed by atoms with Crippen LogP contribution in [0.2, 0.25) is 0 Å². The predicted octanol–water partition coefficient (Wildman–Crippen LogP) is 16.6. The lowest BCUT2D eigenvalue weighted by molar-refractivity contribution is 0.590. The molecule has 12 rings (SSSR count). The average Bonchev–Trinajstić information content (AvgIpc) is 3.89. The van der Waals surface area contributed by atoms with Crippen molar-refractivity contribution in [2.75, 3.05) is 0 Å². The number of rotatable bonds is 7. The van der Waals surface area contributed by atoms with Gasteiger partial charge in [-0.1, -0.05) is 191 Å². The zero-order valence-corrected chi connectivity index (χ0v) is 38.6. The highest BCUT2D eigenvalue weighted by Crippen LogP contribution is 2.39. The Balaban J connectivity index is 0.912. The van der Waals surface area contributed by atoms with Crippen LogP contribution in [0.25, 0.3) is 82.9 Å². The molecule has 1 aliphatic heterocycles. The van der Waals surface area contributed by atoms with Crippen molar-refractivity contribution in [3.63, 3.8) is 0 Å². The molecule has 326 valence electrons. The molecule has 11 aromatic rings. The van der Waals surface area contributed by atoms with Gasteiger partial charge in [0.25, 0.3) is 0 Å². The third-order valence-corrected chi connectivity index (χ3v) is 13.6. The van der Waals surface area contributed by atoms with Crippen LogP contribution in [0.3, 0.4) is 0 Å². The molecule has 0 radical (unpaired) electrons. The van der Waals surface area contributed by atoms with Gasteiger partial charge in [-0.3, -0.25) is 0 Å². The summed E-state index contributed by atoms with van der Waals surface area (Å²) in [6.07, 6.45) is 3.94. The van der Waals surface area contributed by atoms with E-state index >= 15 is 0 Å². The Bertz CT molecular complexity index is 3780. The van der Waals surface area contributed by atoms with E-state index in [9.17, 15) is 0 Å². The van der Waals surface area contributed by atoms with E-state index < -0.39 is 0 Å². The van der Waals surface area contributed by atoms with Crippen molar-refractivity contribution in [1.82, 2.24) is 9.13 Å². The first kappa shape index (κ1) is 41.1. The Morgan fingerprint density at radius 3 is 1.44 bits per heavy atom. The Labute approximate surface area is 397 Å². The highest BCUT2D eigenvalue weighted by molar-refractivity contribution is 6.14. The van der Waals surface area contributed by atoms with Gasteiger partial charge in [-0.25, -0.2) is 9.98 Å². The highest BCUT2D eigenvalue weighted by atomic mass is 15.0. The first-order valence-corrected chi connectivity index (χ1v) is 23.7. The topological polar surface area (TPSA) is 34.6 Å². The fourth-order valence-corrected chi connectivity index (χ4v) is 10.1. The second-order valence-electron chi connectivity index (χ2n) is 18.9.